The lowest BCUT2D eigenvalue weighted by Gasteiger charge is -2.35. The molecule has 2 aliphatic rings. The molecule has 3 amide bonds. The molecule has 1 aliphatic heterocycles. The summed E-state index contributed by atoms with van der Waals surface area (Å²) in [5, 5.41) is 0. The number of hydrogen-bond donors (Lipinski definition) is 0. The van der Waals surface area contributed by atoms with Gasteiger partial charge in [-0.05, 0) is 30.5 Å². The normalized spacial score (nSPS) is 19.6. The number of amides is 3. The van der Waals surface area contributed by atoms with Gasteiger partial charge in [0.1, 0.15) is 11.4 Å². The molecule has 1 saturated carbocycles. The van der Waals surface area contributed by atoms with Crippen LogP contribution in [0, 0.1) is 5.82 Å². The maximum absolute atomic E-state index is 13.5. The van der Waals surface area contributed by atoms with Gasteiger partial charge in [0.25, 0.3) is 5.91 Å². The smallest absolute Gasteiger partial charge is 0.338 e. The molecule has 1 aromatic rings. The summed E-state index contributed by atoms with van der Waals surface area (Å²) in [6.07, 6.45) is 4.17. The third-order valence-electron chi connectivity index (χ3n) is 5.29. The first-order chi connectivity index (χ1) is 11.9. The van der Waals surface area contributed by atoms with E-state index in [4.69, 9.17) is 0 Å². The number of likely N-dealkylation sites (N-methyl/N-ethyl adjacent to an activating group) is 1. The molecule has 0 aromatic heterocycles. The van der Waals surface area contributed by atoms with Crippen molar-refractivity contribution in [3.63, 3.8) is 0 Å². The summed E-state index contributed by atoms with van der Waals surface area (Å²) >= 11 is 0. The lowest BCUT2D eigenvalue weighted by Crippen LogP contribution is -2.49. The van der Waals surface area contributed by atoms with Gasteiger partial charge in [0.15, 0.2) is 0 Å². The number of nitrogens with zero attached hydrogens (tertiary/aromatic N) is 2. The van der Waals surface area contributed by atoms with Crippen LogP contribution in [0.1, 0.15) is 48.0 Å². The van der Waals surface area contributed by atoms with Crippen molar-refractivity contribution in [1.29, 1.82) is 0 Å². The third kappa shape index (κ3) is 2.77. The van der Waals surface area contributed by atoms with E-state index in [9.17, 15) is 18.8 Å². The van der Waals surface area contributed by atoms with Gasteiger partial charge in [-0.15, -0.1) is 0 Å². The first-order valence-corrected chi connectivity index (χ1v) is 8.37. The van der Waals surface area contributed by atoms with Gasteiger partial charge in [-0.25, -0.2) is 14.0 Å². The lowest BCUT2D eigenvalue weighted by atomic mass is 9.80. The number of imide groups is 1. The Bertz CT molecular complexity index is 728. The lowest BCUT2D eigenvalue weighted by molar-refractivity contribution is -0.134. The zero-order valence-corrected chi connectivity index (χ0v) is 14.4. The van der Waals surface area contributed by atoms with Crippen LogP contribution in [0.25, 0.3) is 0 Å². The molecule has 1 aliphatic carbocycles. The van der Waals surface area contributed by atoms with Crippen molar-refractivity contribution in [2.75, 3.05) is 14.2 Å². The van der Waals surface area contributed by atoms with Crippen LogP contribution in [0.15, 0.2) is 18.2 Å². The summed E-state index contributed by atoms with van der Waals surface area (Å²) in [6.45, 7) is -0.0749. The second kappa shape index (κ2) is 6.46. The monoisotopic (exact) mass is 348 g/mol. The second-order valence-electron chi connectivity index (χ2n) is 6.62. The maximum atomic E-state index is 13.5. The molecule has 0 radical (unpaired) electrons. The molecule has 1 saturated heterocycles. The number of halogens is 1. The van der Waals surface area contributed by atoms with Crippen molar-refractivity contribution in [3.05, 3.63) is 35.1 Å². The minimum absolute atomic E-state index is 0.0235. The predicted molar refractivity (Wildman–Crippen MR) is 87.3 cm³/mol. The molecular weight excluding hydrogens is 327 g/mol. The van der Waals surface area contributed by atoms with Gasteiger partial charge in [0.2, 0.25) is 0 Å². The molecule has 6 nitrogen and oxygen atoms in total. The fourth-order valence-electron chi connectivity index (χ4n) is 3.83. The Balaban J connectivity index is 1.92. The fourth-order valence-corrected chi connectivity index (χ4v) is 3.83. The Morgan fingerprint density at radius 3 is 2.56 bits per heavy atom. The summed E-state index contributed by atoms with van der Waals surface area (Å²) in [7, 11) is 2.85. The molecule has 0 unspecified atom stereocenters. The van der Waals surface area contributed by atoms with Gasteiger partial charge in [-0.3, -0.25) is 9.69 Å². The molecular formula is C18H21FN2O4. The van der Waals surface area contributed by atoms with Crippen LogP contribution in [-0.2, 0) is 16.1 Å². The Morgan fingerprint density at radius 2 is 1.92 bits per heavy atom. The van der Waals surface area contributed by atoms with Gasteiger partial charge < -0.3 is 9.64 Å². The molecule has 1 spiro atoms. The quantitative estimate of drug-likeness (QED) is 0.622. The van der Waals surface area contributed by atoms with Crippen LogP contribution < -0.4 is 0 Å². The summed E-state index contributed by atoms with van der Waals surface area (Å²) in [4.78, 5) is 40.2. The van der Waals surface area contributed by atoms with Crippen LogP contribution in [0.5, 0.6) is 0 Å². The Hall–Kier alpha value is -2.44. The van der Waals surface area contributed by atoms with E-state index >= 15 is 0 Å². The highest BCUT2D eigenvalue weighted by molar-refractivity contribution is 6.07. The zero-order valence-electron chi connectivity index (χ0n) is 14.4. The van der Waals surface area contributed by atoms with Crippen molar-refractivity contribution < 1.29 is 23.5 Å². The third-order valence-corrected chi connectivity index (χ3v) is 5.29. The molecule has 0 atom stereocenters. The highest BCUT2D eigenvalue weighted by Gasteiger charge is 2.55. The fraction of sp³-hybridized carbons (Fsp3) is 0.500. The number of hydrogen-bond acceptors (Lipinski definition) is 4. The van der Waals surface area contributed by atoms with E-state index in [0.29, 0.717) is 18.4 Å². The number of carbonyl (C=O) groups excluding carboxylic acids is 3. The molecule has 3 rings (SSSR count). The van der Waals surface area contributed by atoms with E-state index in [1.807, 2.05) is 0 Å². The van der Waals surface area contributed by atoms with Crippen LogP contribution >= 0.6 is 0 Å². The second-order valence-corrected chi connectivity index (χ2v) is 6.62. The number of carbonyl (C=O) groups is 3. The summed E-state index contributed by atoms with van der Waals surface area (Å²) in [5.74, 6) is -1.52. The average molecular weight is 348 g/mol. The highest BCUT2D eigenvalue weighted by Crippen LogP contribution is 2.40. The van der Waals surface area contributed by atoms with E-state index in [1.165, 1.54) is 24.1 Å². The van der Waals surface area contributed by atoms with Crippen molar-refractivity contribution in [2.45, 2.75) is 44.2 Å². The molecule has 0 N–H and O–H groups in total. The van der Waals surface area contributed by atoms with Gasteiger partial charge in [0.05, 0.1) is 19.2 Å². The molecule has 2 fully saturated rings. The average Bonchev–Trinajstić information content (AvgIpc) is 2.79. The summed E-state index contributed by atoms with van der Waals surface area (Å²) in [6, 6.07) is 3.29. The van der Waals surface area contributed by atoms with Crippen molar-refractivity contribution in [1.82, 2.24) is 9.80 Å². The number of ether oxygens (including phenoxy) is 1. The van der Waals surface area contributed by atoms with Crippen molar-refractivity contribution in [3.8, 4) is 0 Å². The molecule has 134 valence electrons. The molecule has 25 heavy (non-hydrogen) atoms. The van der Waals surface area contributed by atoms with Gasteiger partial charge >= 0.3 is 12.0 Å². The standard InChI is InChI=1S/C18H21FN2O4/c1-20-17(24)21(16(23)18(20)8-4-3-5-9-18)11-12-6-7-13(19)10-14(12)15(22)25-2/h6-7,10H,3-5,8-9,11H2,1-2H3. The van der Waals surface area contributed by atoms with Crippen molar-refractivity contribution >= 4 is 17.9 Å². The highest BCUT2D eigenvalue weighted by atomic mass is 19.1. The molecule has 1 aromatic carbocycles. The van der Waals surface area contributed by atoms with E-state index < -0.39 is 17.3 Å². The number of methoxy groups -OCH3 is 1. The van der Waals surface area contributed by atoms with Crippen LogP contribution in [0.4, 0.5) is 9.18 Å². The van der Waals surface area contributed by atoms with E-state index in [-0.39, 0.29) is 24.0 Å². The summed E-state index contributed by atoms with van der Waals surface area (Å²) in [5.41, 5.74) is -0.368. The molecule has 7 heteroatoms. The minimum atomic E-state index is -0.777. The zero-order chi connectivity index (χ0) is 18.2. The van der Waals surface area contributed by atoms with Crippen LogP contribution in [0.3, 0.4) is 0 Å². The van der Waals surface area contributed by atoms with Crippen molar-refractivity contribution in [2.24, 2.45) is 0 Å². The van der Waals surface area contributed by atoms with Gasteiger partial charge in [0, 0.05) is 7.05 Å². The SMILES string of the molecule is COC(=O)c1cc(F)ccc1CN1C(=O)N(C)C2(CCCCC2)C1=O. The van der Waals surface area contributed by atoms with E-state index in [1.54, 1.807) is 7.05 Å². The predicted octanol–water partition coefficient (Wildman–Crippen LogP) is 2.71. The van der Waals surface area contributed by atoms with Crippen LogP contribution in [-0.4, -0.2) is 47.4 Å². The molecule has 1 heterocycles. The number of urea groups is 1. The number of rotatable bonds is 3. The summed E-state index contributed by atoms with van der Waals surface area (Å²) < 4.78 is 18.2. The minimum Gasteiger partial charge on any atom is -0.465 e. The Morgan fingerprint density at radius 1 is 1.24 bits per heavy atom. The largest absolute Gasteiger partial charge is 0.465 e. The maximum Gasteiger partial charge on any atom is 0.338 e. The van der Waals surface area contributed by atoms with E-state index in [2.05, 4.69) is 4.74 Å². The first-order valence-electron chi connectivity index (χ1n) is 8.37. The van der Waals surface area contributed by atoms with Gasteiger partial charge in [-0.1, -0.05) is 25.3 Å². The van der Waals surface area contributed by atoms with E-state index in [0.717, 1.165) is 30.2 Å². The molecule has 0 bridgehead atoms. The Kier molecular flexibility index (Phi) is 4.49. The van der Waals surface area contributed by atoms with Crippen LogP contribution in [0.2, 0.25) is 0 Å². The first kappa shape index (κ1) is 17.4. The Labute approximate surface area is 145 Å². The number of esters is 1. The van der Waals surface area contributed by atoms with Gasteiger partial charge in [-0.2, -0.15) is 0 Å². The topological polar surface area (TPSA) is 66.9 Å². The number of benzene rings is 1.